The lowest BCUT2D eigenvalue weighted by atomic mass is 9.90. The van der Waals surface area contributed by atoms with Gasteiger partial charge in [0.25, 0.3) is 0 Å². The number of amides is 1. The van der Waals surface area contributed by atoms with Crippen molar-refractivity contribution >= 4 is 17.5 Å². The maximum Gasteiger partial charge on any atom is 0.223 e. The van der Waals surface area contributed by atoms with E-state index >= 15 is 0 Å². The van der Waals surface area contributed by atoms with Crippen molar-refractivity contribution in [1.82, 2.24) is 0 Å². The molecule has 0 rings (SSSR count). The number of primary amides is 1. The SMILES string of the molecule is CC(C)(CCCl)C(N)=O. The number of hydrogen-bond donors (Lipinski definition) is 1. The molecule has 3 heteroatoms. The summed E-state index contributed by atoms with van der Waals surface area (Å²) in [7, 11) is 0. The van der Waals surface area contributed by atoms with Crippen molar-refractivity contribution in [3.63, 3.8) is 0 Å². The molecule has 0 saturated heterocycles. The summed E-state index contributed by atoms with van der Waals surface area (Å²) in [5.74, 6) is 0.193. The fourth-order valence-corrected chi connectivity index (χ4v) is 0.832. The van der Waals surface area contributed by atoms with Crippen LogP contribution in [0.4, 0.5) is 0 Å². The zero-order valence-electron chi connectivity index (χ0n) is 5.78. The molecule has 0 saturated carbocycles. The van der Waals surface area contributed by atoms with Gasteiger partial charge in [-0.2, -0.15) is 0 Å². The third-order valence-corrected chi connectivity index (χ3v) is 1.58. The van der Waals surface area contributed by atoms with Crippen LogP contribution in [0.2, 0.25) is 0 Å². The van der Waals surface area contributed by atoms with E-state index in [1.165, 1.54) is 0 Å². The summed E-state index contributed by atoms with van der Waals surface area (Å²) in [6.07, 6.45) is 0.643. The van der Waals surface area contributed by atoms with Gasteiger partial charge in [0.05, 0.1) is 0 Å². The van der Waals surface area contributed by atoms with E-state index in [4.69, 9.17) is 17.3 Å². The van der Waals surface area contributed by atoms with Gasteiger partial charge in [-0.15, -0.1) is 11.6 Å². The maximum absolute atomic E-state index is 10.6. The summed E-state index contributed by atoms with van der Waals surface area (Å²) < 4.78 is 0. The van der Waals surface area contributed by atoms with Crippen molar-refractivity contribution in [3.05, 3.63) is 0 Å². The molecular formula is C6H12ClNO. The minimum atomic E-state index is -0.443. The van der Waals surface area contributed by atoms with Gasteiger partial charge in [-0.25, -0.2) is 0 Å². The first-order valence-electron chi connectivity index (χ1n) is 2.86. The molecule has 0 unspecified atom stereocenters. The number of rotatable bonds is 3. The van der Waals surface area contributed by atoms with Crippen molar-refractivity contribution < 1.29 is 4.79 Å². The molecule has 0 fully saturated rings. The Morgan fingerprint density at radius 3 is 2.22 bits per heavy atom. The van der Waals surface area contributed by atoms with E-state index in [0.29, 0.717) is 12.3 Å². The highest BCUT2D eigenvalue weighted by Gasteiger charge is 2.23. The van der Waals surface area contributed by atoms with Gasteiger partial charge in [0.2, 0.25) is 5.91 Å². The fourth-order valence-electron chi connectivity index (χ4n) is 0.359. The van der Waals surface area contributed by atoms with Gasteiger partial charge in [0.1, 0.15) is 0 Å². The molecule has 2 N–H and O–H groups in total. The van der Waals surface area contributed by atoms with Crippen LogP contribution in [0.15, 0.2) is 0 Å². The average Bonchev–Trinajstić information content (AvgIpc) is 1.65. The Balaban J connectivity index is 3.85. The molecule has 54 valence electrons. The van der Waals surface area contributed by atoms with Crippen molar-refractivity contribution in [2.24, 2.45) is 11.1 Å². The predicted molar refractivity (Wildman–Crippen MR) is 38.3 cm³/mol. The zero-order valence-corrected chi connectivity index (χ0v) is 6.53. The number of halogens is 1. The maximum atomic E-state index is 10.6. The summed E-state index contributed by atoms with van der Waals surface area (Å²) in [6, 6.07) is 0. The van der Waals surface area contributed by atoms with Gasteiger partial charge >= 0.3 is 0 Å². The van der Waals surface area contributed by atoms with Crippen LogP contribution in [0.25, 0.3) is 0 Å². The normalized spacial score (nSPS) is 11.4. The molecule has 2 nitrogen and oxygen atoms in total. The number of carbonyl (C=O) groups excluding carboxylic acids is 1. The van der Waals surface area contributed by atoms with E-state index in [2.05, 4.69) is 0 Å². The van der Waals surface area contributed by atoms with Crippen LogP contribution in [0, 0.1) is 5.41 Å². The van der Waals surface area contributed by atoms with E-state index in [-0.39, 0.29) is 5.91 Å². The van der Waals surface area contributed by atoms with Gasteiger partial charge < -0.3 is 5.73 Å². The number of carbonyl (C=O) groups is 1. The van der Waals surface area contributed by atoms with Gasteiger partial charge in [-0.1, -0.05) is 13.8 Å². The first-order valence-corrected chi connectivity index (χ1v) is 3.40. The lowest BCUT2D eigenvalue weighted by molar-refractivity contribution is -0.126. The third-order valence-electron chi connectivity index (χ3n) is 1.39. The lowest BCUT2D eigenvalue weighted by Gasteiger charge is -2.17. The summed E-state index contributed by atoms with van der Waals surface area (Å²) in [6.45, 7) is 3.58. The van der Waals surface area contributed by atoms with Crippen LogP contribution in [-0.4, -0.2) is 11.8 Å². The summed E-state index contributed by atoms with van der Waals surface area (Å²) in [5, 5.41) is 0. The van der Waals surface area contributed by atoms with Crippen LogP contribution in [-0.2, 0) is 4.79 Å². The molecule has 0 aromatic carbocycles. The summed E-state index contributed by atoms with van der Waals surface area (Å²) in [5.41, 5.74) is 4.62. The lowest BCUT2D eigenvalue weighted by Crippen LogP contribution is -2.31. The Kier molecular flexibility index (Phi) is 2.98. The summed E-state index contributed by atoms with van der Waals surface area (Å²) >= 11 is 5.42. The first kappa shape index (κ1) is 8.76. The Morgan fingerprint density at radius 2 is 2.11 bits per heavy atom. The predicted octanol–water partition coefficient (Wildman–Crippen LogP) is 1.13. The second kappa shape index (κ2) is 3.06. The van der Waals surface area contributed by atoms with Crippen molar-refractivity contribution in [2.75, 3.05) is 5.88 Å². The van der Waals surface area contributed by atoms with E-state index < -0.39 is 5.41 Å². The topological polar surface area (TPSA) is 43.1 Å². The molecule has 0 aromatic heterocycles. The van der Waals surface area contributed by atoms with E-state index in [1.54, 1.807) is 13.8 Å². The highest BCUT2D eigenvalue weighted by Crippen LogP contribution is 2.19. The monoisotopic (exact) mass is 149 g/mol. The Morgan fingerprint density at radius 1 is 1.67 bits per heavy atom. The van der Waals surface area contributed by atoms with Gasteiger partial charge in [0, 0.05) is 11.3 Å². The number of alkyl halides is 1. The van der Waals surface area contributed by atoms with Gasteiger partial charge in [0.15, 0.2) is 0 Å². The standard InChI is InChI=1S/C6H12ClNO/c1-6(2,3-4-7)5(8)9/h3-4H2,1-2H3,(H2,8,9). The van der Waals surface area contributed by atoms with Crippen LogP contribution >= 0.6 is 11.6 Å². The highest BCUT2D eigenvalue weighted by molar-refractivity contribution is 6.18. The van der Waals surface area contributed by atoms with Gasteiger partial charge in [-0.05, 0) is 6.42 Å². The molecule has 0 heterocycles. The molecule has 9 heavy (non-hydrogen) atoms. The molecule has 0 bridgehead atoms. The molecule has 0 atom stereocenters. The third kappa shape index (κ3) is 2.70. The molecule has 0 aromatic rings. The molecular weight excluding hydrogens is 138 g/mol. The quantitative estimate of drug-likeness (QED) is 0.601. The van der Waals surface area contributed by atoms with Crippen molar-refractivity contribution in [1.29, 1.82) is 0 Å². The molecule has 1 amide bonds. The minimum absolute atomic E-state index is 0.289. The Bertz CT molecular complexity index is 112. The second-order valence-electron chi connectivity index (χ2n) is 2.69. The van der Waals surface area contributed by atoms with Crippen LogP contribution in [0.3, 0.4) is 0 Å². The van der Waals surface area contributed by atoms with Crippen LogP contribution < -0.4 is 5.73 Å². The van der Waals surface area contributed by atoms with Gasteiger partial charge in [-0.3, -0.25) is 4.79 Å². The van der Waals surface area contributed by atoms with E-state index in [1.807, 2.05) is 0 Å². The molecule has 0 aliphatic heterocycles. The van der Waals surface area contributed by atoms with E-state index in [9.17, 15) is 4.79 Å². The molecule has 0 radical (unpaired) electrons. The zero-order chi connectivity index (χ0) is 7.49. The largest absolute Gasteiger partial charge is 0.369 e. The van der Waals surface area contributed by atoms with Crippen LogP contribution in [0.1, 0.15) is 20.3 Å². The summed E-state index contributed by atoms with van der Waals surface area (Å²) in [4.78, 5) is 10.6. The molecule has 0 spiro atoms. The molecule has 0 aliphatic rings. The first-order chi connectivity index (χ1) is 4.00. The number of nitrogens with two attached hydrogens (primary N) is 1. The van der Waals surface area contributed by atoms with Crippen LogP contribution in [0.5, 0.6) is 0 Å². The van der Waals surface area contributed by atoms with E-state index in [0.717, 1.165) is 0 Å². The minimum Gasteiger partial charge on any atom is -0.369 e. The highest BCUT2D eigenvalue weighted by atomic mass is 35.5. The Labute approximate surface area is 60.4 Å². The number of hydrogen-bond acceptors (Lipinski definition) is 1. The van der Waals surface area contributed by atoms with Crippen molar-refractivity contribution in [3.8, 4) is 0 Å². The Hall–Kier alpha value is -0.240. The van der Waals surface area contributed by atoms with Crippen molar-refractivity contribution in [2.45, 2.75) is 20.3 Å². The average molecular weight is 150 g/mol. The smallest absolute Gasteiger partial charge is 0.223 e. The molecule has 0 aliphatic carbocycles. The second-order valence-corrected chi connectivity index (χ2v) is 3.07. The fraction of sp³-hybridized carbons (Fsp3) is 0.833.